The van der Waals surface area contributed by atoms with Crippen LogP contribution >= 0.6 is 0 Å². The van der Waals surface area contributed by atoms with E-state index in [2.05, 4.69) is 36.1 Å². The Labute approximate surface area is 165 Å². The lowest BCUT2D eigenvalue weighted by molar-refractivity contribution is -0.132. The van der Waals surface area contributed by atoms with Gasteiger partial charge in [-0.1, -0.05) is 29.8 Å². The zero-order chi connectivity index (χ0) is 19.5. The van der Waals surface area contributed by atoms with Crippen molar-refractivity contribution in [1.82, 2.24) is 4.90 Å². The molecule has 2 aliphatic rings. The van der Waals surface area contributed by atoms with Crippen LogP contribution in [-0.2, 0) is 11.3 Å². The molecule has 4 nitrogen and oxygen atoms in total. The Bertz CT molecular complexity index is 831. The molecule has 0 aromatic heterocycles. The second kappa shape index (κ2) is 8.21. The lowest BCUT2D eigenvalue weighted by Gasteiger charge is -2.39. The molecule has 0 aliphatic carbocycles. The maximum atomic E-state index is 13.7. The molecule has 0 N–H and O–H groups in total. The van der Waals surface area contributed by atoms with Gasteiger partial charge < -0.3 is 14.5 Å². The van der Waals surface area contributed by atoms with Crippen LogP contribution in [0.5, 0.6) is 5.75 Å². The number of hydrogen-bond acceptors (Lipinski definition) is 3. The molecule has 2 aromatic carbocycles. The summed E-state index contributed by atoms with van der Waals surface area (Å²) in [6, 6.07) is 13.0. The van der Waals surface area contributed by atoms with Gasteiger partial charge in [-0.05, 0) is 43.9 Å². The van der Waals surface area contributed by atoms with Crippen molar-refractivity contribution in [3.05, 3.63) is 59.4 Å². The first-order valence-electron chi connectivity index (χ1n) is 10.1. The van der Waals surface area contributed by atoms with Crippen molar-refractivity contribution in [3.8, 4) is 5.75 Å². The normalized spacial score (nSPS) is 19.1. The lowest BCUT2D eigenvalue weighted by Crippen LogP contribution is -2.47. The van der Waals surface area contributed by atoms with Gasteiger partial charge in [0.25, 0.3) is 0 Å². The largest absolute Gasteiger partial charge is 0.489 e. The standard InChI is InChI=1S/C23H27FN2O2/c1-17-5-7-18(8-6-17)15-26-20(14-23(27)25-11-3-2-4-12-25)16-28-22-13-19(24)9-10-21(22)26/h5-10,13,20H,2-4,11-12,14-16H2,1H3/t20-/m0/s1. The fraction of sp³-hybridized carbons (Fsp3) is 0.435. The van der Waals surface area contributed by atoms with Crippen LogP contribution in [0.1, 0.15) is 36.8 Å². The fourth-order valence-electron chi connectivity index (χ4n) is 4.06. The number of fused-ring (bicyclic) bond motifs is 1. The molecule has 4 rings (SSSR count). The molecule has 2 heterocycles. The third kappa shape index (κ3) is 4.13. The molecule has 0 saturated carbocycles. The maximum absolute atomic E-state index is 13.7. The quantitative estimate of drug-likeness (QED) is 0.790. The average molecular weight is 382 g/mol. The first kappa shape index (κ1) is 18.8. The third-order valence-electron chi connectivity index (χ3n) is 5.70. The minimum atomic E-state index is -0.308. The number of hydrogen-bond donors (Lipinski definition) is 0. The Morgan fingerprint density at radius 1 is 1.11 bits per heavy atom. The highest BCUT2D eigenvalue weighted by molar-refractivity contribution is 5.78. The van der Waals surface area contributed by atoms with E-state index in [1.165, 1.54) is 24.1 Å². The van der Waals surface area contributed by atoms with Crippen LogP contribution in [0, 0.1) is 12.7 Å². The Morgan fingerprint density at radius 2 is 1.86 bits per heavy atom. The summed E-state index contributed by atoms with van der Waals surface area (Å²) in [7, 11) is 0. The van der Waals surface area contributed by atoms with Crippen molar-refractivity contribution >= 4 is 11.6 Å². The molecule has 1 atom stereocenters. The Hall–Kier alpha value is -2.56. The van der Waals surface area contributed by atoms with Crippen LogP contribution in [0.4, 0.5) is 10.1 Å². The molecule has 0 bridgehead atoms. The van der Waals surface area contributed by atoms with Crippen molar-refractivity contribution in [3.63, 3.8) is 0 Å². The van der Waals surface area contributed by atoms with Gasteiger partial charge in [0.05, 0.1) is 18.2 Å². The number of rotatable bonds is 4. The van der Waals surface area contributed by atoms with Gasteiger partial charge in [0.2, 0.25) is 5.91 Å². The topological polar surface area (TPSA) is 32.8 Å². The number of likely N-dealkylation sites (tertiary alicyclic amines) is 1. The first-order chi connectivity index (χ1) is 13.6. The van der Waals surface area contributed by atoms with Gasteiger partial charge in [-0.3, -0.25) is 4.79 Å². The molecule has 28 heavy (non-hydrogen) atoms. The number of benzene rings is 2. The Kier molecular flexibility index (Phi) is 5.51. The zero-order valence-electron chi connectivity index (χ0n) is 16.4. The summed E-state index contributed by atoms with van der Waals surface area (Å²) in [6.45, 7) is 4.83. The number of piperidine rings is 1. The van der Waals surface area contributed by atoms with E-state index in [9.17, 15) is 9.18 Å². The fourth-order valence-corrected chi connectivity index (χ4v) is 4.06. The summed E-state index contributed by atoms with van der Waals surface area (Å²) in [5.74, 6) is 0.429. The summed E-state index contributed by atoms with van der Waals surface area (Å²) in [6.07, 6.45) is 3.79. The Balaban J connectivity index is 1.57. The van der Waals surface area contributed by atoms with Gasteiger partial charge in [-0.25, -0.2) is 4.39 Å². The molecule has 1 saturated heterocycles. The number of amides is 1. The molecule has 1 amide bonds. The molecular weight excluding hydrogens is 355 g/mol. The second-order valence-corrected chi connectivity index (χ2v) is 7.84. The van der Waals surface area contributed by atoms with Gasteiger partial charge in [0, 0.05) is 25.7 Å². The number of anilines is 1. The monoisotopic (exact) mass is 382 g/mol. The summed E-state index contributed by atoms with van der Waals surface area (Å²) in [4.78, 5) is 17.0. The lowest BCUT2D eigenvalue weighted by atomic mass is 10.0. The van der Waals surface area contributed by atoms with E-state index < -0.39 is 0 Å². The van der Waals surface area contributed by atoms with Crippen LogP contribution in [0.3, 0.4) is 0 Å². The predicted molar refractivity (Wildman–Crippen MR) is 108 cm³/mol. The molecule has 1 fully saturated rings. The molecule has 148 valence electrons. The van der Waals surface area contributed by atoms with Gasteiger partial charge >= 0.3 is 0 Å². The van der Waals surface area contributed by atoms with Gasteiger partial charge in [0.1, 0.15) is 18.2 Å². The van der Waals surface area contributed by atoms with Gasteiger partial charge in [0.15, 0.2) is 0 Å². The molecule has 5 heteroatoms. The minimum absolute atomic E-state index is 0.0614. The van der Waals surface area contributed by atoms with E-state index in [-0.39, 0.29) is 17.8 Å². The SMILES string of the molecule is Cc1ccc(CN2c3ccc(F)cc3OC[C@@H]2CC(=O)N2CCCCC2)cc1. The zero-order valence-corrected chi connectivity index (χ0v) is 16.4. The highest BCUT2D eigenvalue weighted by Crippen LogP contribution is 2.36. The van der Waals surface area contributed by atoms with Crippen LogP contribution in [0.15, 0.2) is 42.5 Å². The predicted octanol–water partition coefficient (Wildman–Crippen LogP) is 4.30. The number of halogens is 1. The first-order valence-corrected chi connectivity index (χ1v) is 10.1. The number of ether oxygens (including phenoxy) is 1. The van der Waals surface area contributed by atoms with E-state index in [4.69, 9.17) is 4.74 Å². The minimum Gasteiger partial charge on any atom is -0.489 e. The van der Waals surface area contributed by atoms with Crippen LogP contribution in [-0.4, -0.2) is 36.5 Å². The number of aryl methyl sites for hydroxylation is 1. The van der Waals surface area contributed by atoms with E-state index in [0.29, 0.717) is 25.3 Å². The molecule has 0 radical (unpaired) electrons. The number of nitrogens with zero attached hydrogens (tertiary/aromatic N) is 2. The van der Waals surface area contributed by atoms with Crippen molar-refractivity contribution in [1.29, 1.82) is 0 Å². The number of carbonyl (C=O) groups excluding carboxylic acids is 1. The molecule has 0 unspecified atom stereocenters. The highest BCUT2D eigenvalue weighted by atomic mass is 19.1. The molecule has 2 aromatic rings. The van der Waals surface area contributed by atoms with Crippen molar-refractivity contribution in [2.75, 3.05) is 24.6 Å². The molecule has 0 spiro atoms. The van der Waals surface area contributed by atoms with Crippen LogP contribution < -0.4 is 9.64 Å². The maximum Gasteiger partial charge on any atom is 0.224 e. The van der Waals surface area contributed by atoms with E-state index in [1.54, 1.807) is 6.07 Å². The average Bonchev–Trinajstić information content (AvgIpc) is 2.71. The van der Waals surface area contributed by atoms with Crippen molar-refractivity contribution < 1.29 is 13.9 Å². The van der Waals surface area contributed by atoms with Crippen LogP contribution in [0.25, 0.3) is 0 Å². The summed E-state index contributed by atoms with van der Waals surface area (Å²) >= 11 is 0. The van der Waals surface area contributed by atoms with E-state index in [1.807, 2.05) is 4.90 Å². The van der Waals surface area contributed by atoms with E-state index >= 15 is 0 Å². The highest BCUT2D eigenvalue weighted by Gasteiger charge is 2.31. The smallest absolute Gasteiger partial charge is 0.224 e. The molecular formula is C23H27FN2O2. The number of carbonyl (C=O) groups is 1. The van der Waals surface area contributed by atoms with Crippen LogP contribution in [0.2, 0.25) is 0 Å². The van der Waals surface area contributed by atoms with Crippen molar-refractivity contribution in [2.45, 2.75) is 45.2 Å². The summed E-state index contributed by atoms with van der Waals surface area (Å²) in [5.41, 5.74) is 3.23. The molecule has 2 aliphatic heterocycles. The summed E-state index contributed by atoms with van der Waals surface area (Å²) < 4.78 is 19.5. The van der Waals surface area contributed by atoms with Crippen molar-refractivity contribution in [2.24, 2.45) is 0 Å². The summed E-state index contributed by atoms with van der Waals surface area (Å²) in [5, 5.41) is 0. The Morgan fingerprint density at radius 3 is 2.61 bits per heavy atom. The van der Waals surface area contributed by atoms with Gasteiger partial charge in [-0.2, -0.15) is 0 Å². The second-order valence-electron chi connectivity index (χ2n) is 7.84. The third-order valence-corrected chi connectivity index (χ3v) is 5.70. The van der Waals surface area contributed by atoms with Gasteiger partial charge in [-0.15, -0.1) is 0 Å². The van der Waals surface area contributed by atoms with E-state index in [0.717, 1.165) is 37.2 Å².